The quantitative estimate of drug-likeness (QED) is 0.101. The Hall–Kier alpha value is -3.08. The molecule has 0 aliphatic heterocycles. The Balaban J connectivity index is 0.000000193. The van der Waals surface area contributed by atoms with E-state index in [-0.39, 0.29) is 17.1 Å². The molecule has 0 aromatic heterocycles. The molecule has 0 spiro atoms. The van der Waals surface area contributed by atoms with Crippen LogP contribution in [0.3, 0.4) is 0 Å². The van der Waals surface area contributed by atoms with Crippen LogP contribution in [-0.2, 0) is 17.1 Å². The largest absolute Gasteiger partial charge is 2.00 e. The van der Waals surface area contributed by atoms with E-state index in [2.05, 4.69) is 190 Å². The van der Waals surface area contributed by atoms with Crippen molar-refractivity contribution in [3.05, 3.63) is 169 Å². The van der Waals surface area contributed by atoms with Gasteiger partial charge in [-0.05, 0) is 57.2 Å². The molecule has 0 N–H and O–H groups in total. The molecule has 0 aliphatic carbocycles. The number of hydrogen-bond donors (Lipinski definition) is 0. The number of benzene rings is 4. The van der Waals surface area contributed by atoms with E-state index in [0.717, 1.165) is 0 Å². The molecule has 0 fully saturated rings. The van der Waals surface area contributed by atoms with Gasteiger partial charge in [0.1, 0.15) is 0 Å². The first-order chi connectivity index (χ1) is 20.1. The zero-order valence-corrected chi connectivity index (χ0v) is 27.3. The molecule has 0 aliphatic rings. The second kappa shape index (κ2) is 16.0. The van der Waals surface area contributed by atoms with Crippen LogP contribution in [0, 0.1) is 0 Å². The third-order valence-corrected chi connectivity index (χ3v) is 12.2. The molecule has 212 valence electrons. The summed E-state index contributed by atoms with van der Waals surface area (Å²) in [5, 5.41) is 8.52. The van der Waals surface area contributed by atoms with Crippen LogP contribution in [-0.4, -0.2) is 19.0 Å². The molecule has 6 aromatic rings. The van der Waals surface area contributed by atoms with Crippen molar-refractivity contribution in [3.8, 4) is 0 Å². The Bertz CT molecular complexity index is 1490. The van der Waals surface area contributed by atoms with Crippen LogP contribution in [0.15, 0.2) is 164 Å². The van der Waals surface area contributed by atoms with Gasteiger partial charge in [-0.25, -0.2) is 18.2 Å². The van der Waals surface area contributed by atoms with Gasteiger partial charge in [0, 0.05) is 0 Å². The van der Waals surface area contributed by atoms with E-state index in [4.69, 9.17) is 0 Å². The first-order valence-electron chi connectivity index (χ1n) is 14.1. The van der Waals surface area contributed by atoms with Crippen LogP contribution in [0.2, 0.25) is 0 Å². The van der Waals surface area contributed by atoms with Gasteiger partial charge in [-0.1, -0.05) is 128 Å². The van der Waals surface area contributed by atoms with Gasteiger partial charge >= 0.3 is 17.1 Å². The number of rotatable bonds is 8. The first-order valence-corrected chi connectivity index (χ1v) is 16.8. The number of nitrogens with zero attached hydrogens (tertiary/aromatic N) is 1. The molecular weight excluding hydrogens is 588 g/mol. The van der Waals surface area contributed by atoms with E-state index in [1.165, 1.54) is 37.4 Å². The van der Waals surface area contributed by atoms with Crippen LogP contribution >= 0.6 is 15.8 Å². The Morgan fingerprint density at radius 3 is 1.31 bits per heavy atom. The molecule has 42 heavy (non-hydrogen) atoms. The second-order valence-electron chi connectivity index (χ2n) is 10.2. The average molecular weight is 626 g/mol. The maximum absolute atomic E-state index is 2.31. The van der Waals surface area contributed by atoms with Gasteiger partial charge in [-0.3, -0.25) is 0 Å². The summed E-state index contributed by atoms with van der Waals surface area (Å²) in [5.74, 6) is 0. The Morgan fingerprint density at radius 1 is 0.500 bits per heavy atom. The molecular formula is C38H37FeNP2. The van der Waals surface area contributed by atoms with Gasteiger partial charge < -0.3 is 4.90 Å². The second-order valence-corrected chi connectivity index (χ2v) is 14.6. The van der Waals surface area contributed by atoms with Gasteiger partial charge in [0.15, 0.2) is 0 Å². The minimum Gasteiger partial charge on any atom is -0.315 e. The van der Waals surface area contributed by atoms with Crippen LogP contribution in [0.5, 0.6) is 0 Å². The molecule has 0 heterocycles. The third kappa shape index (κ3) is 7.85. The van der Waals surface area contributed by atoms with Crippen molar-refractivity contribution in [2.45, 2.75) is 13.0 Å². The summed E-state index contributed by atoms with van der Waals surface area (Å²) in [4.78, 5) is 2.28. The molecule has 0 radical (unpaired) electrons. The van der Waals surface area contributed by atoms with E-state index in [1.807, 2.05) is 0 Å². The first kappa shape index (κ1) is 31.8. The van der Waals surface area contributed by atoms with Crippen LogP contribution < -0.4 is 31.8 Å². The monoisotopic (exact) mass is 625 g/mol. The maximum Gasteiger partial charge on any atom is 2.00 e. The van der Waals surface area contributed by atoms with Crippen molar-refractivity contribution < 1.29 is 17.1 Å². The fourth-order valence-corrected chi connectivity index (χ4v) is 9.81. The van der Waals surface area contributed by atoms with E-state index in [1.54, 1.807) is 0 Å². The Labute approximate surface area is 265 Å². The van der Waals surface area contributed by atoms with Crippen LogP contribution in [0.1, 0.15) is 18.5 Å². The topological polar surface area (TPSA) is 3.24 Å². The summed E-state index contributed by atoms with van der Waals surface area (Å²) in [6, 6.07) is 59.3. The Morgan fingerprint density at radius 2 is 0.929 bits per heavy atom. The van der Waals surface area contributed by atoms with E-state index in [9.17, 15) is 0 Å². The molecule has 6 rings (SSSR count). The summed E-state index contributed by atoms with van der Waals surface area (Å²) >= 11 is 0. The van der Waals surface area contributed by atoms with Gasteiger partial charge in [0.25, 0.3) is 0 Å². The molecule has 1 atom stereocenters. The molecule has 0 amide bonds. The van der Waals surface area contributed by atoms with Crippen LogP contribution in [0.25, 0.3) is 0 Å². The van der Waals surface area contributed by atoms with Crippen molar-refractivity contribution in [3.63, 3.8) is 0 Å². The van der Waals surface area contributed by atoms with Crippen molar-refractivity contribution >= 4 is 47.7 Å². The van der Waals surface area contributed by atoms with E-state index >= 15 is 0 Å². The Kier molecular flexibility index (Phi) is 12.1. The fraction of sp³-hybridized carbons (Fsp3) is 0.105. The predicted octanol–water partition coefficient (Wildman–Crippen LogP) is 6.95. The van der Waals surface area contributed by atoms with Gasteiger partial charge in [-0.2, -0.15) is 29.8 Å². The van der Waals surface area contributed by atoms with Crippen LogP contribution in [0.4, 0.5) is 0 Å². The summed E-state index contributed by atoms with van der Waals surface area (Å²) in [6.45, 7) is 2.28. The smallest absolute Gasteiger partial charge is 0.315 e. The normalized spacial score (nSPS) is 11.6. The summed E-state index contributed by atoms with van der Waals surface area (Å²) in [7, 11) is 3.37. The third-order valence-electron chi connectivity index (χ3n) is 7.25. The van der Waals surface area contributed by atoms with E-state index < -0.39 is 15.8 Å². The van der Waals surface area contributed by atoms with Gasteiger partial charge in [0.2, 0.25) is 0 Å². The number of hydrogen-bond acceptors (Lipinski definition) is 1. The van der Waals surface area contributed by atoms with Crippen molar-refractivity contribution in [2.24, 2.45) is 0 Å². The average Bonchev–Trinajstić information content (AvgIpc) is 3.73. The fourth-order valence-electron chi connectivity index (χ4n) is 4.96. The van der Waals surface area contributed by atoms with E-state index in [0.29, 0.717) is 6.04 Å². The molecule has 4 heteroatoms. The van der Waals surface area contributed by atoms with Crippen molar-refractivity contribution in [2.75, 3.05) is 14.1 Å². The minimum absolute atomic E-state index is 0. The zero-order chi connectivity index (χ0) is 28.4. The molecule has 0 saturated carbocycles. The molecule has 0 bridgehead atoms. The minimum atomic E-state index is -0.514. The maximum atomic E-state index is 2.31. The summed E-state index contributed by atoms with van der Waals surface area (Å²) in [6.07, 6.45) is 0. The molecule has 0 unspecified atom stereocenters. The predicted molar refractivity (Wildman–Crippen MR) is 184 cm³/mol. The summed E-state index contributed by atoms with van der Waals surface area (Å²) < 4.78 is 0. The van der Waals surface area contributed by atoms with Gasteiger partial charge in [0.05, 0.1) is 0 Å². The zero-order valence-electron chi connectivity index (χ0n) is 24.4. The molecule has 1 nitrogen and oxygen atoms in total. The standard InChI is InChI=1S/C21H23NP.C17H14P.Fe/c1-17(22(2)3)20-15-10-16-21(20)23(18-11-6-4-7-12-18)19-13-8-5-9-14-19;1-3-9-15(10-4-1)18(17-13-7-8-14-17)16-11-5-2-6-12-16;/h4-17H,1-3H3;1-14H;/q2*-1;+2/t17-;;/m1../s1. The van der Waals surface area contributed by atoms with Crippen molar-refractivity contribution in [1.29, 1.82) is 0 Å². The molecule has 6 aromatic carbocycles. The SMILES string of the molecule is C[C@H](c1cc[cH-]c1P(c1ccccc1)c1ccccc1)N(C)C.[Fe+2].c1ccc(P(c2ccccc2)c2ccc[cH-]2)cc1. The molecule has 0 saturated heterocycles. The summed E-state index contributed by atoms with van der Waals surface area (Å²) in [5.41, 5.74) is 1.44. The van der Waals surface area contributed by atoms with Crippen molar-refractivity contribution in [1.82, 2.24) is 4.90 Å². The van der Waals surface area contributed by atoms with Gasteiger partial charge in [-0.15, -0.1) is 10.6 Å².